The summed E-state index contributed by atoms with van der Waals surface area (Å²) in [4.78, 5) is 33.8. The van der Waals surface area contributed by atoms with Crippen LogP contribution in [0.2, 0.25) is 0 Å². The number of halogens is 1. The Labute approximate surface area is 185 Å². The number of urea groups is 1. The monoisotopic (exact) mass is 446 g/mol. The first-order chi connectivity index (χ1) is 15.4. The lowest BCUT2D eigenvalue weighted by Crippen LogP contribution is -2.48. The Morgan fingerprint density at radius 3 is 2.88 bits per heavy atom. The molecule has 1 saturated heterocycles. The van der Waals surface area contributed by atoms with Gasteiger partial charge < -0.3 is 14.4 Å². The van der Waals surface area contributed by atoms with Crippen molar-refractivity contribution < 1.29 is 23.7 Å². The molecular weight excluding hydrogens is 419 g/mol. The lowest BCUT2D eigenvalue weighted by atomic mass is 10.2. The highest BCUT2D eigenvalue weighted by molar-refractivity contribution is 6.04. The molecule has 2 aliphatic rings. The second-order valence-electron chi connectivity index (χ2n) is 8.25. The van der Waals surface area contributed by atoms with Crippen molar-refractivity contribution >= 4 is 23.4 Å². The highest BCUT2D eigenvalue weighted by Crippen LogP contribution is 2.38. The molecule has 1 unspecified atom stereocenters. The number of ether oxygens (including phenoxy) is 2. The van der Waals surface area contributed by atoms with Gasteiger partial charge in [0.15, 0.2) is 11.6 Å². The van der Waals surface area contributed by atoms with Gasteiger partial charge in [-0.05, 0) is 43.9 Å². The molecule has 2 aliphatic heterocycles. The molecule has 10 nitrogen and oxygen atoms in total. The largest absolute Gasteiger partial charge is 0.476 e. The molecule has 0 aliphatic carbocycles. The van der Waals surface area contributed by atoms with Gasteiger partial charge in [-0.15, -0.1) is 0 Å². The van der Waals surface area contributed by atoms with Crippen molar-refractivity contribution in [3.63, 3.8) is 0 Å². The Morgan fingerprint density at radius 1 is 1.28 bits per heavy atom. The molecule has 11 heteroatoms. The Morgan fingerprint density at radius 2 is 2.12 bits per heavy atom. The van der Waals surface area contributed by atoms with E-state index in [0.29, 0.717) is 30.5 Å². The van der Waals surface area contributed by atoms with Crippen molar-refractivity contribution in [3.8, 4) is 5.88 Å². The first-order valence-corrected chi connectivity index (χ1v) is 10.6. The lowest BCUT2D eigenvalue weighted by Gasteiger charge is -2.35. The molecule has 32 heavy (non-hydrogen) atoms. The maximum absolute atomic E-state index is 13.1. The van der Waals surface area contributed by atoms with Gasteiger partial charge >= 0.3 is 6.03 Å². The number of hydrogen-bond acceptors (Lipinski definition) is 8. The van der Waals surface area contributed by atoms with Crippen LogP contribution in [0.3, 0.4) is 0 Å². The van der Waals surface area contributed by atoms with Crippen LogP contribution in [0, 0.1) is 6.92 Å². The van der Waals surface area contributed by atoms with Crippen LogP contribution in [0.4, 0.5) is 26.6 Å². The predicted molar refractivity (Wildman–Crippen MR) is 115 cm³/mol. The van der Waals surface area contributed by atoms with Crippen molar-refractivity contribution in [3.05, 3.63) is 30.2 Å². The molecule has 0 radical (unpaired) electrons. The van der Waals surface area contributed by atoms with Gasteiger partial charge in [-0.25, -0.2) is 19.7 Å². The molecule has 2 aromatic rings. The van der Waals surface area contributed by atoms with Crippen LogP contribution < -0.4 is 19.9 Å². The molecule has 1 atom stereocenters. The van der Waals surface area contributed by atoms with Gasteiger partial charge in [0.1, 0.15) is 0 Å². The van der Waals surface area contributed by atoms with E-state index in [1.807, 2.05) is 19.1 Å². The summed E-state index contributed by atoms with van der Waals surface area (Å²) in [5.41, 5.74) is 1.83. The molecule has 0 spiro atoms. The molecule has 2 amide bonds. The average molecular weight is 446 g/mol. The van der Waals surface area contributed by atoms with E-state index >= 15 is 0 Å². The molecule has 1 fully saturated rings. The summed E-state index contributed by atoms with van der Waals surface area (Å²) < 4.78 is 22.9. The zero-order valence-electron chi connectivity index (χ0n) is 18.4. The van der Waals surface area contributed by atoms with E-state index in [1.165, 1.54) is 26.2 Å². The third kappa shape index (κ3) is 4.89. The number of carbonyl (C=O) groups excluding carboxylic acids is 1. The number of rotatable bonds is 8. The minimum absolute atomic E-state index is 0.0716. The SMILES string of the molecule is Cc1ccc2c(n1)N(C(=O)Nc1cnc(OCCCOC(C)(C)OF)cn1)C1CCN2C1. The Bertz CT molecular complexity index is 958. The average Bonchev–Trinajstić information content (AvgIpc) is 3.19. The van der Waals surface area contributed by atoms with Gasteiger partial charge in [0, 0.05) is 25.2 Å². The number of anilines is 3. The lowest BCUT2D eigenvalue weighted by molar-refractivity contribution is -0.328. The summed E-state index contributed by atoms with van der Waals surface area (Å²) in [6, 6.07) is 3.76. The highest BCUT2D eigenvalue weighted by atomic mass is 19.3. The number of aryl methyl sites for hydroxylation is 1. The zero-order chi connectivity index (χ0) is 22.7. The molecule has 2 bridgehead atoms. The second kappa shape index (κ2) is 9.21. The van der Waals surface area contributed by atoms with Crippen LogP contribution in [-0.2, 0) is 9.68 Å². The molecular formula is C21H27FN6O4. The summed E-state index contributed by atoms with van der Waals surface area (Å²) in [5.74, 6) is 0.0328. The van der Waals surface area contributed by atoms with Crippen LogP contribution in [0.15, 0.2) is 24.5 Å². The molecule has 0 aromatic carbocycles. The maximum Gasteiger partial charge on any atom is 0.329 e. The zero-order valence-corrected chi connectivity index (χ0v) is 18.4. The van der Waals surface area contributed by atoms with Crippen molar-refractivity contribution in [1.82, 2.24) is 15.0 Å². The van der Waals surface area contributed by atoms with Crippen LogP contribution >= 0.6 is 0 Å². The van der Waals surface area contributed by atoms with Crippen molar-refractivity contribution in [1.29, 1.82) is 0 Å². The molecule has 2 aromatic heterocycles. The fourth-order valence-electron chi connectivity index (χ4n) is 3.77. The van der Waals surface area contributed by atoms with Crippen molar-refractivity contribution in [2.24, 2.45) is 0 Å². The Balaban J connectivity index is 1.32. The first-order valence-electron chi connectivity index (χ1n) is 10.6. The molecule has 4 heterocycles. The third-order valence-corrected chi connectivity index (χ3v) is 5.35. The molecule has 4 rings (SSSR count). The second-order valence-corrected chi connectivity index (χ2v) is 8.25. The summed E-state index contributed by atoms with van der Waals surface area (Å²) in [5, 5.41) is 2.81. The van der Waals surface area contributed by atoms with Crippen LogP contribution in [-0.4, -0.2) is 59.1 Å². The number of fused-ring (bicyclic) bond motifs is 4. The van der Waals surface area contributed by atoms with Gasteiger partial charge in [0.25, 0.3) is 0 Å². The summed E-state index contributed by atoms with van der Waals surface area (Å²) >= 11 is 0. The highest BCUT2D eigenvalue weighted by Gasteiger charge is 2.40. The first kappa shape index (κ1) is 22.2. The summed E-state index contributed by atoms with van der Waals surface area (Å²) in [6.07, 6.45) is 4.29. The third-order valence-electron chi connectivity index (χ3n) is 5.35. The minimum atomic E-state index is -1.28. The van der Waals surface area contributed by atoms with E-state index in [9.17, 15) is 9.32 Å². The number of aromatic nitrogens is 3. The van der Waals surface area contributed by atoms with E-state index in [4.69, 9.17) is 9.47 Å². The van der Waals surface area contributed by atoms with Crippen molar-refractivity contribution in [2.45, 2.75) is 45.4 Å². The van der Waals surface area contributed by atoms with Crippen LogP contribution in [0.1, 0.15) is 32.4 Å². The topological polar surface area (TPSA) is 102 Å². The number of nitrogens with one attached hydrogen (secondary N) is 1. The molecule has 1 N–H and O–H groups in total. The van der Waals surface area contributed by atoms with E-state index in [1.54, 1.807) is 4.90 Å². The smallest absolute Gasteiger partial charge is 0.329 e. The van der Waals surface area contributed by atoms with Gasteiger partial charge in [-0.1, -0.05) is 0 Å². The van der Waals surface area contributed by atoms with Gasteiger partial charge in [-0.3, -0.25) is 10.2 Å². The quantitative estimate of drug-likeness (QED) is 0.487. The molecule has 0 saturated carbocycles. The van der Waals surface area contributed by atoms with Gasteiger partial charge in [0.05, 0.1) is 37.3 Å². The van der Waals surface area contributed by atoms with E-state index < -0.39 is 5.79 Å². The number of nitrogens with zero attached hydrogens (tertiary/aromatic N) is 5. The van der Waals surface area contributed by atoms with E-state index in [2.05, 4.69) is 30.1 Å². The van der Waals surface area contributed by atoms with Gasteiger partial charge in [0.2, 0.25) is 11.7 Å². The summed E-state index contributed by atoms with van der Waals surface area (Å²) in [6.45, 7) is 7.15. The minimum Gasteiger partial charge on any atom is -0.476 e. The number of pyridine rings is 1. The predicted octanol–water partition coefficient (Wildman–Crippen LogP) is 3.23. The number of carbonyl (C=O) groups is 1. The maximum atomic E-state index is 13.1. The van der Waals surface area contributed by atoms with Crippen molar-refractivity contribution in [2.75, 3.05) is 41.4 Å². The number of hydrogen-bond donors (Lipinski definition) is 1. The van der Waals surface area contributed by atoms with E-state index in [-0.39, 0.29) is 18.7 Å². The van der Waals surface area contributed by atoms with E-state index in [0.717, 1.165) is 30.9 Å². The van der Waals surface area contributed by atoms with Gasteiger partial charge in [-0.2, -0.15) is 4.94 Å². The Kier molecular flexibility index (Phi) is 6.38. The molecule has 172 valence electrons. The number of amides is 2. The fraction of sp³-hybridized carbons (Fsp3) is 0.524. The summed E-state index contributed by atoms with van der Waals surface area (Å²) in [7, 11) is 0. The standard InChI is InChI=1S/C21H27FN6O4/c1-14-5-6-16-19(25-14)28(15-7-8-27(16)13-15)20(29)26-17-11-24-18(12-23-17)30-9-4-10-31-21(2,3)32-22/h5-6,11-12,15H,4,7-10,13H2,1-3H3,(H,23,26,29). The Hall–Kier alpha value is -3.05. The van der Waals surface area contributed by atoms with Crippen LogP contribution in [0.25, 0.3) is 0 Å². The fourth-order valence-corrected chi connectivity index (χ4v) is 3.77. The van der Waals surface area contributed by atoms with Crippen LogP contribution in [0.5, 0.6) is 5.88 Å². The normalized spacial score (nSPS) is 17.3.